The number of methoxy groups -OCH3 is 1. The van der Waals surface area contributed by atoms with Crippen molar-refractivity contribution in [3.63, 3.8) is 0 Å². The van der Waals surface area contributed by atoms with Crippen molar-refractivity contribution < 1.29 is 14.3 Å². The van der Waals surface area contributed by atoms with Crippen LogP contribution in [-0.2, 0) is 0 Å². The molecule has 3 rings (SSSR count). The number of ether oxygens (including phenoxy) is 2. The quantitative estimate of drug-likeness (QED) is 0.653. The standard InChI is InChI=1S/C22H21NO3/c1-25-18-11-13-19(14-12-18)26-16-15-23-22(24)21-10-6-5-9-20(21)17-7-3-2-4-8-17/h2-14H,15-16H2,1H3,(H,23,24). The Kier molecular flexibility index (Phi) is 5.88. The molecule has 0 aliphatic rings. The van der Waals surface area contributed by atoms with Crippen molar-refractivity contribution in [2.75, 3.05) is 20.3 Å². The van der Waals surface area contributed by atoms with Crippen molar-refractivity contribution in [2.24, 2.45) is 0 Å². The van der Waals surface area contributed by atoms with Crippen molar-refractivity contribution in [1.82, 2.24) is 5.32 Å². The van der Waals surface area contributed by atoms with Gasteiger partial charge in [0.2, 0.25) is 0 Å². The highest BCUT2D eigenvalue weighted by molar-refractivity contribution is 6.00. The Morgan fingerprint density at radius 3 is 2.23 bits per heavy atom. The van der Waals surface area contributed by atoms with Gasteiger partial charge in [-0.25, -0.2) is 0 Å². The van der Waals surface area contributed by atoms with Crippen LogP contribution in [0.5, 0.6) is 11.5 Å². The molecule has 0 aromatic heterocycles. The van der Waals surface area contributed by atoms with Gasteiger partial charge in [0, 0.05) is 5.56 Å². The number of hydrogen-bond acceptors (Lipinski definition) is 3. The van der Waals surface area contributed by atoms with Crippen LogP contribution in [0, 0.1) is 0 Å². The van der Waals surface area contributed by atoms with Crippen molar-refractivity contribution in [3.8, 4) is 22.6 Å². The lowest BCUT2D eigenvalue weighted by Gasteiger charge is -2.11. The molecular formula is C22H21NO3. The van der Waals surface area contributed by atoms with Crippen LogP contribution in [0.15, 0.2) is 78.9 Å². The van der Waals surface area contributed by atoms with Crippen LogP contribution in [0.1, 0.15) is 10.4 Å². The summed E-state index contributed by atoms with van der Waals surface area (Å²) in [4.78, 5) is 12.6. The third-order valence-electron chi connectivity index (χ3n) is 3.97. The molecule has 0 aliphatic carbocycles. The Bertz CT molecular complexity index is 845. The van der Waals surface area contributed by atoms with Crippen molar-refractivity contribution in [1.29, 1.82) is 0 Å². The zero-order chi connectivity index (χ0) is 18.2. The maximum atomic E-state index is 12.6. The largest absolute Gasteiger partial charge is 0.497 e. The van der Waals surface area contributed by atoms with E-state index in [1.807, 2.05) is 78.9 Å². The van der Waals surface area contributed by atoms with Gasteiger partial charge in [-0.05, 0) is 41.5 Å². The number of amides is 1. The minimum absolute atomic E-state index is 0.109. The molecule has 0 saturated heterocycles. The molecular weight excluding hydrogens is 326 g/mol. The summed E-state index contributed by atoms with van der Waals surface area (Å²) in [6.45, 7) is 0.819. The van der Waals surface area contributed by atoms with Gasteiger partial charge in [0.25, 0.3) is 5.91 Å². The Hall–Kier alpha value is -3.27. The third-order valence-corrected chi connectivity index (χ3v) is 3.97. The number of hydrogen-bond donors (Lipinski definition) is 1. The van der Waals surface area contributed by atoms with E-state index in [0.717, 1.165) is 22.6 Å². The molecule has 0 unspecified atom stereocenters. The second-order valence-electron chi connectivity index (χ2n) is 5.69. The van der Waals surface area contributed by atoms with Gasteiger partial charge < -0.3 is 14.8 Å². The van der Waals surface area contributed by atoms with Crippen LogP contribution in [0.3, 0.4) is 0 Å². The van der Waals surface area contributed by atoms with Gasteiger partial charge in [0.1, 0.15) is 18.1 Å². The van der Waals surface area contributed by atoms with Gasteiger partial charge in [-0.15, -0.1) is 0 Å². The van der Waals surface area contributed by atoms with Gasteiger partial charge in [-0.2, -0.15) is 0 Å². The Morgan fingerprint density at radius 2 is 1.50 bits per heavy atom. The molecule has 132 valence electrons. The highest BCUT2D eigenvalue weighted by atomic mass is 16.5. The summed E-state index contributed by atoms with van der Waals surface area (Å²) in [5.74, 6) is 1.41. The summed E-state index contributed by atoms with van der Waals surface area (Å²) >= 11 is 0. The summed E-state index contributed by atoms with van der Waals surface area (Å²) in [6.07, 6.45) is 0. The lowest BCUT2D eigenvalue weighted by molar-refractivity contribution is 0.0947. The molecule has 4 heteroatoms. The number of benzene rings is 3. The fraction of sp³-hybridized carbons (Fsp3) is 0.136. The predicted molar refractivity (Wildman–Crippen MR) is 103 cm³/mol. The molecule has 26 heavy (non-hydrogen) atoms. The fourth-order valence-corrected chi connectivity index (χ4v) is 2.65. The molecule has 3 aromatic rings. The predicted octanol–water partition coefficient (Wildman–Crippen LogP) is 4.17. The Morgan fingerprint density at radius 1 is 0.846 bits per heavy atom. The van der Waals surface area contributed by atoms with E-state index < -0.39 is 0 Å². The minimum Gasteiger partial charge on any atom is -0.497 e. The number of rotatable bonds is 7. The zero-order valence-electron chi connectivity index (χ0n) is 14.6. The fourth-order valence-electron chi connectivity index (χ4n) is 2.65. The van der Waals surface area contributed by atoms with Crippen LogP contribution in [-0.4, -0.2) is 26.2 Å². The van der Waals surface area contributed by atoms with Crippen LogP contribution in [0.4, 0.5) is 0 Å². The maximum Gasteiger partial charge on any atom is 0.252 e. The number of carbonyl (C=O) groups is 1. The second-order valence-corrected chi connectivity index (χ2v) is 5.69. The molecule has 0 fully saturated rings. The van der Waals surface area contributed by atoms with E-state index >= 15 is 0 Å². The normalized spacial score (nSPS) is 10.2. The SMILES string of the molecule is COc1ccc(OCCNC(=O)c2ccccc2-c2ccccc2)cc1. The van der Waals surface area contributed by atoms with Crippen LogP contribution < -0.4 is 14.8 Å². The first-order valence-electron chi connectivity index (χ1n) is 8.47. The molecule has 1 amide bonds. The zero-order valence-corrected chi connectivity index (χ0v) is 14.6. The molecule has 1 N–H and O–H groups in total. The van der Waals surface area contributed by atoms with Crippen molar-refractivity contribution in [2.45, 2.75) is 0 Å². The van der Waals surface area contributed by atoms with Crippen LogP contribution in [0.2, 0.25) is 0 Å². The number of carbonyl (C=O) groups excluding carboxylic acids is 1. The molecule has 0 spiro atoms. The molecule has 0 heterocycles. The summed E-state index contributed by atoms with van der Waals surface area (Å²) in [5, 5.41) is 2.91. The average molecular weight is 347 g/mol. The van der Waals surface area contributed by atoms with Crippen LogP contribution in [0.25, 0.3) is 11.1 Å². The maximum absolute atomic E-state index is 12.6. The lowest BCUT2D eigenvalue weighted by Crippen LogP contribution is -2.28. The van der Waals surface area contributed by atoms with Gasteiger partial charge in [0.15, 0.2) is 0 Å². The Balaban J connectivity index is 1.57. The lowest BCUT2D eigenvalue weighted by atomic mass is 9.99. The second kappa shape index (κ2) is 8.72. The van der Waals surface area contributed by atoms with Gasteiger partial charge in [-0.3, -0.25) is 4.79 Å². The van der Waals surface area contributed by atoms with Crippen molar-refractivity contribution >= 4 is 5.91 Å². The smallest absolute Gasteiger partial charge is 0.252 e. The molecule has 3 aromatic carbocycles. The van der Waals surface area contributed by atoms with E-state index in [9.17, 15) is 4.79 Å². The topological polar surface area (TPSA) is 47.6 Å². The van der Waals surface area contributed by atoms with Crippen LogP contribution >= 0.6 is 0 Å². The molecule has 0 radical (unpaired) electrons. The van der Waals surface area contributed by atoms with E-state index in [1.54, 1.807) is 7.11 Å². The monoisotopic (exact) mass is 347 g/mol. The molecule has 0 atom stereocenters. The summed E-state index contributed by atoms with van der Waals surface area (Å²) in [6, 6.07) is 24.8. The molecule has 0 aliphatic heterocycles. The summed E-state index contributed by atoms with van der Waals surface area (Å²) < 4.78 is 10.7. The first-order chi connectivity index (χ1) is 12.8. The first kappa shape index (κ1) is 17.5. The minimum atomic E-state index is -0.109. The van der Waals surface area contributed by atoms with Gasteiger partial charge in [0.05, 0.1) is 13.7 Å². The van der Waals surface area contributed by atoms with Crippen molar-refractivity contribution in [3.05, 3.63) is 84.4 Å². The molecule has 0 bridgehead atoms. The van der Waals surface area contributed by atoms with Gasteiger partial charge in [-0.1, -0.05) is 48.5 Å². The van der Waals surface area contributed by atoms with E-state index in [0.29, 0.717) is 18.7 Å². The van der Waals surface area contributed by atoms with Gasteiger partial charge >= 0.3 is 0 Å². The third kappa shape index (κ3) is 4.42. The highest BCUT2D eigenvalue weighted by Crippen LogP contribution is 2.23. The summed E-state index contributed by atoms with van der Waals surface area (Å²) in [5.41, 5.74) is 2.59. The van der Waals surface area contributed by atoms with E-state index in [4.69, 9.17) is 9.47 Å². The average Bonchev–Trinajstić information content (AvgIpc) is 2.72. The van der Waals surface area contributed by atoms with E-state index in [-0.39, 0.29) is 5.91 Å². The Labute approximate surface area is 153 Å². The molecule has 4 nitrogen and oxygen atoms in total. The van der Waals surface area contributed by atoms with E-state index in [1.165, 1.54) is 0 Å². The molecule has 0 saturated carbocycles. The van der Waals surface area contributed by atoms with E-state index in [2.05, 4.69) is 5.32 Å². The first-order valence-corrected chi connectivity index (χ1v) is 8.47. The number of nitrogens with one attached hydrogen (secondary N) is 1. The summed E-state index contributed by atoms with van der Waals surface area (Å²) in [7, 11) is 1.62. The highest BCUT2D eigenvalue weighted by Gasteiger charge is 2.11.